The highest BCUT2D eigenvalue weighted by atomic mass is 79.9. The van der Waals surface area contributed by atoms with Gasteiger partial charge in [0.05, 0.1) is 0 Å². The Morgan fingerprint density at radius 1 is 1.32 bits per heavy atom. The molecule has 1 aromatic carbocycles. The lowest BCUT2D eigenvalue weighted by molar-refractivity contribution is 0.179. The van der Waals surface area contributed by atoms with Gasteiger partial charge in [0.1, 0.15) is 17.3 Å². The summed E-state index contributed by atoms with van der Waals surface area (Å²) in [4.78, 5) is 2.33. The zero-order chi connectivity index (χ0) is 13.8. The molecule has 1 atom stereocenters. The molecule has 1 fully saturated rings. The fraction of sp³-hybridized carbons (Fsp3) is 0.571. The number of rotatable bonds is 4. The fourth-order valence-electron chi connectivity index (χ4n) is 2.58. The second-order valence-electron chi connectivity index (χ2n) is 5.09. The molecule has 5 heteroatoms. The van der Waals surface area contributed by atoms with Crippen molar-refractivity contribution in [2.75, 3.05) is 25.5 Å². The molecule has 0 radical (unpaired) electrons. The molecule has 0 amide bonds. The standard InChI is InChI=1S/C14H19BrF2N2/c1-19-7-3-2-4-11(19)5-6-18-14-12(16)8-10(15)9-13(14)17/h8-9,11,18H,2-7H2,1H3. The monoisotopic (exact) mass is 332 g/mol. The summed E-state index contributed by atoms with van der Waals surface area (Å²) in [7, 11) is 2.12. The number of nitrogens with zero attached hydrogens (tertiary/aromatic N) is 1. The minimum absolute atomic E-state index is 0.0262. The molecule has 1 aromatic rings. The van der Waals surface area contributed by atoms with Crippen molar-refractivity contribution in [2.45, 2.75) is 31.7 Å². The lowest BCUT2D eigenvalue weighted by atomic mass is 10.0. The molecule has 0 saturated carbocycles. The van der Waals surface area contributed by atoms with E-state index in [2.05, 4.69) is 33.2 Å². The van der Waals surface area contributed by atoms with E-state index in [9.17, 15) is 8.78 Å². The minimum Gasteiger partial charge on any atom is -0.380 e. The number of nitrogens with one attached hydrogen (secondary N) is 1. The molecule has 1 N–H and O–H groups in total. The number of piperidine rings is 1. The maximum Gasteiger partial charge on any atom is 0.150 e. The van der Waals surface area contributed by atoms with Crippen molar-refractivity contribution >= 4 is 21.6 Å². The molecule has 1 heterocycles. The van der Waals surface area contributed by atoms with E-state index in [0.717, 1.165) is 13.0 Å². The van der Waals surface area contributed by atoms with Crippen LogP contribution < -0.4 is 5.32 Å². The molecule has 1 saturated heterocycles. The van der Waals surface area contributed by atoms with Gasteiger partial charge < -0.3 is 10.2 Å². The van der Waals surface area contributed by atoms with E-state index in [4.69, 9.17) is 0 Å². The van der Waals surface area contributed by atoms with Crippen molar-refractivity contribution in [1.82, 2.24) is 4.90 Å². The van der Waals surface area contributed by atoms with E-state index >= 15 is 0 Å². The fourth-order valence-corrected chi connectivity index (χ4v) is 2.99. The summed E-state index contributed by atoms with van der Waals surface area (Å²) in [6, 6.07) is 3.07. The number of benzene rings is 1. The van der Waals surface area contributed by atoms with Gasteiger partial charge in [-0.05, 0) is 45.0 Å². The summed E-state index contributed by atoms with van der Waals surface area (Å²) in [5, 5.41) is 2.88. The molecule has 0 spiro atoms. The van der Waals surface area contributed by atoms with Gasteiger partial charge in [-0.15, -0.1) is 0 Å². The van der Waals surface area contributed by atoms with Crippen LogP contribution in [0.15, 0.2) is 16.6 Å². The zero-order valence-corrected chi connectivity index (χ0v) is 12.6. The van der Waals surface area contributed by atoms with E-state index in [0.29, 0.717) is 17.1 Å². The number of hydrogen-bond acceptors (Lipinski definition) is 2. The molecular weight excluding hydrogens is 314 g/mol. The highest BCUT2D eigenvalue weighted by Gasteiger charge is 2.18. The van der Waals surface area contributed by atoms with Crippen LogP contribution in [-0.4, -0.2) is 31.1 Å². The topological polar surface area (TPSA) is 15.3 Å². The van der Waals surface area contributed by atoms with Crippen molar-refractivity contribution in [1.29, 1.82) is 0 Å². The van der Waals surface area contributed by atoms with Gasteiger partial charge in [-0.25, -0.2) is 8.78 Å². The molecule has 1 aliphatic heterocycles. The number of anilines is 1. The SMILES string of the molecule is CN1CCCCC1CCNc1c(F)cc(Br)cc1F. The van der Waals surface area contributed by atoms with Crippen LogP contribution in [0, 0.1) is 11.6 Å². The Balaban J connectivity index is 1.89. The van der Waals surface area contributed by atoms with Crippen LogP contribution in [0.2, 0.25) is 0 Å². The smallest absolute Gasteiger partial charge is 0.150 e. The molecule has 1 aliphatic rings. The van der Waals surface area contributed by atoms with Crippen molar-refractivity contribution in [3.05, 3.63) is 28.2 Å². The van der Waals surface area contributed by atoms with Gasteiger partial charge in [-0.1, -0.05) is 22.4 Å². The highest BCUT2D eigenvalue weighted by Crippen LogP contribution is 2.24. The summed E-state index contributed by atoms with van der Waals surface area (Å²) in [5.41, 5.74) is -0.0262. The molecule has 106 valence electrons. The van der Waals surface area contributed by atoms with Crippen LogP contribution in [0.25, 0.3) is 0 Å². The van der Waals surface area contributed by atoms with Crippen molar-refractivity contribution in [3.8, 4) is 0 Å². The molecule has 2 rings (SSSR count). The maximum absolute atomic E-state index is 13.6. The molecular formula is C14H19BrF2N2. The Hall–Kier alpha value is -0.680. The number of halogens is 3. The normalized spacial score (nSPS) is 20.5. The van der Waals surface area contributed by atoms with Gasteiger partial charge in [0.2, 0.25) is 0 Å². The lowest BCUT2D eigenvalue weighted by Crippen LogP contribution is -2.37. The lowest BCUT2D eigenvalue weighted by Gasteiger charge is -2.32. The largest absolute Gasteiger partial charge is 0.380 e. The van der Waals surface area contributed by atoms with E-state index in [1.165, 1.54) is 31.4 Å². The summed E-state index contributed by atoms with van der Waals surface area (Å²) in [6.45, 7) is 1.70. The third-order valence-corrected chi connectivity index (χ3v) is 4.17. The Labute approximate surface area is 121 Å². The van der Waals surface area contributed by atoms with Crippen LogP contribution in [0.1, 0.15) is 25.7 Å². The van der Waals surface area contributed by atoms with Gasteiger partial charge >= 0.3 is 0 Å². The van der Waals surface area contributed by atoms with E-state index in [1.54, 1.807) is 0 Å². The van der Waals surface area contributed by atoms with E-state index in [1.807, 2.05) is 0 Å². The van der Waals surface area contributed by atoms with Gasteiger partial charge in [0.15, 0.2) is 0 Å². The molecule has 2 nitrogen and oxygen atoms in total. The molecule has 0 bridgehead atoms. The zero-order valence-electron chi connectivity index (χ0n) is 11.1. The Kier molecular flexibility index (Phi) is 5.16. The Bertz CT molecular complexity index is 416. The predicted molar refractivity (Wildman–Crippen MR) is 77.4 cm³/mol. The van der Waals surface area contributed by atoms with Crippen LogP contribution >= 0.6 is 15.9 Å². The first kappa shape index (κ1) is 14.7. The van der Waals surface area contributed by atoms with Crippen molar-refractivity contribution in [2.24, 2.45) is 0 Å². The second kappa shape index (κ2) is 6.66. The van der Waals surface area contributed by atoms with Gasteiger partial charge in [0, 0.05) is 17.1 Å². The summed E-state index contributed by atoms with van der Waals surface area (Å²) < 4.78 is 27.6. The molecule has 1 unspecified atom stereocenters. The highest BCUT2D eigenvalue weighted by molar-refractivity contribution is 9.10. The van der Waals surface area contributed by atoms with Gasteiger partial charge in [-0.3, -0.25) is 0 Å². The van der Waals surface area contributed by atoms with Crippen LogP contribution in [-0.2, 0) is 0 Å². The first-order valence-electron chi connectivity index (χ1n) is 6.66. The summed E-state index contributed by atoms with van der Waals surface area (Å²) >= 11 is 3.07. The van der Waals surface area contributed by atoms with Crippen LogP contribution in [0.5, 0.6) is 0 Å². The Morgan fingerprint density at radius 2 is 2.00 bits per heavy atom. The third kappa shape index (κ3) is 3.89. The molecule has 19 heavy (non-hydrogen) atoms. The first-order valence-corrected chi connectivity index (χ1v) is 7.46. The average molecular weight is 333 g/mol. The third-order valence-electron chi connectivity index (χ3n) is 3.71. The van der Waals surface area contributed by atoms with Gasteiger partial charge in [-0.2, -0.15) is 0 Å². The summed E-state index contributed by atoms with van der Waals surface area (Å²) in [5.74, 6) is -1.10. The van der Waals surface area contributed by atoms with E-state index < -0.39 is 11.6 Å². The summed E-state index contributed by atoms with van der Waals surface area (Å²) in [6.07, 6.45) is 4.57. The molecule has 0 aromatic heterocycles. The maximum atomic E-state index is 13.6. The van der Waals surface area contributed by atoms with Crippen molar-refractivity contribution in [3.63, 3.8) is 0 Å². The quantitative estimate of drug-likeness (QED) is 0.896. The van der Waals surface area contributed by atoms with Crippen molar-refractivity contribution < 1.29 is 8.78 Å². The number of hydrogen-bond donors (Lipinski definition) is 1. The molecule has 0 aliphatic carbocycles. The van der Waals surface area contributed by atoms with E-state index in [-0.39, 0.29) is 5.69 Å². The van der Waals surface area contributed by atoms with Crippen LogP contribution in [0.3, 0.4) is 0 Å². The van der Waals surface area contributed by atoms with Gasteiger partial charge in [0.25, 0.3) is 0 Å². The second-order valence-corrected chi connectivity index (χ2v) is 6.01. The first-order chi connectivity index (χ1) is 9.08. The Morgan fingerprint density at radius 3 is 2.63 bits per heavy atom. The average Bonchev–Trinajstić information content (AvgIpc) is 2.34. The number of likely N-dealkylation sites (tertiary alicyclic amines) is 1. The van der Waals surface area contributed by atoms with Crippen LogP contribution in [0.4, 0.5) is 14.5 Å². The predicted octanol–water partition coefficient (Wildman–Crippen LogP) is 4.01. The minimum atomic E-state index is -0.552.